The number of para-hydroxylation sites is 1. The number of halogens is 1. The molecule has 260 valence electrons. The van der Waals surface area contributed by atoms with Gasteiger partial charge in [-0.3, -0.25) is 14.6 Å². The number of piperazine rings is 1. The number of benzene rings is 4. The van der Waals surface area contributed by atoms with Gasteiger partial charge < -0.3 is 29.3 Å². The lowest BCUT2D eigenvalue weighted by Crippen LogP contribution is -2.44. The summed E-state index contributed by atoms with van der Waals surface area (Å²) in [5.41, 5.74) is 0.955. The van der Waals surface area contributed by atoms with Crippen molar-refractivity contribution in [2.75, 3.05) is 58.8 Å². The van der Waals surface area contributed by atoms with Crippen molar-refractivity contribution in [2.24, 2.45) is 0 Å². The van der Waals surface area contributed by atoms with Crippen molar-refractivity contribution in [3.63, 3.8) is 0 Å². The number of nitrogens with one attached hydrogen (secondary N) is 1. The van der Waals surface area contributed by atoms with E-state index in [1.165, 1.54) is 22.9 Å². The summed E-state index contributed by atoms with van der Waals surface area (Å²) in [7, 11) is 3.71. The molecule has 1 amide bonds. The van der Waals surface area contributed by atoms with Crippen molar-refractivity contribution in [3.05, 3.63) is 119 Å². The predicted octanol–water partition coefficient (Wildman–Crippen LogP) is 6.14. The number of rotatable bonds is 11. The first-order chi connectivity index (χ1) is 24.9. The molecule has 1 fully saturated rings. The quantitative estimate of drug-likeness (QED) is 0.161. The number of amides is 1. The van der Waals surface area contributed by atoms with Crippen LogP contribution in [0.4, 0.5) is 10.1 Å². The van der Waals surface area contributed by atoms with Gasteiger partial charge in [-0.25, -0.2) is 4.39 Å². The molecular formula is C39H37FN6O5. The van der Waals surface area contributed by atoms with Crippen LogP contribution in [0.1, 0.15) is 16.9 Å². The monoisotopic (exact) mass is 688 g/mol. The smallest absolute Gasteiger partial charge is 0.279 e. The minimum absolute atomic E-state index is 0.0189. The number of pyridine rings is 1. The summed E-state index contributed by atoms with van der Waals surface area (Å²) in [5.74, 6) is 0.101. The second-order valence-corrected chi connectivity index (χ2v) is 12.3. The molecule has 0 radical (unpaired) electrons. The van der Waals surface area contributed by atoms with Gasteiger partial charge >= 0.3 is 0 Å². The van der Waals surface area contributed by atoms with Crippen LogP contribution in [0.25, 0.3) is 27.4 Å². The number of fused-ring (bicyclic) bond motifs is 2. The summed E-state index contributed by atoms with van der Waals surface area (Å²) in [6.07, 6.45) is 2.46. The Morgan fingerprint density at radius 2 is 1.61 bits per heavy atom. The van der Waals surface area contributed by atoms with Gasteiger partial charge in [0.1, 0.15) is 5.75 Å². The van der Waals surface area contributed by atoms with E-state index in [0.717, 1.165) is 39.1 Å². The third-order valence-electron chi connectivity index (χ3n) is 8.89. The summed E-state index contributed by atoms with van der Waals surface area (Å²) in [5, 5.41) is 8.44. The molecule has 1 N–H and O–H groups in total. The van der Waals surface area contributed by atoms with Crippen molar-refractivity contribution < 1.29 is 23.4 Å². The van der Waals surface area contributed by atoms with E-state index in [9.17, 15) is 9.59 Å². The number of anilines is 1. The van der Waals surface area contributed by atoms with E-state index < -0.39 is 11.7 Å². The summed E-state index contributed by atoms with van der Waals surface area (Å²) < 4.78 is 34.5. The Hall–Kier alpha value is -5.85. The van der Waals surface area contributed by atoms with Crippen molar-refractivity contribution in [3.8, 4) is 28.7 Å². The zero-order chi connectivity index (χ0) is 35.3. The molecule has 1 aliphatic heterocycles. The highest BCUT2D eigenvalue weighted by Gasteiger charge is 2.20. The van der Waals surface area contributed by atoms with E-state index in [2.05, 4.69) is 32.2 Å². The molecule has 0 aliphatic carbocycles. The Balaban J connectivity index is 1.07. The van der Waals surface area contributed by atoms with Gasteiger partial charge in [0.05, 0.1) is 30.3 Å². The van der Waals surface area contributed by atoms with Crippen LogP contribution in [-0.2, 0) is 0 Å². The first-order valence-corrected chi connectivity index (χ1v) is 16.7. The van der Waals surface area contributed by atoms with E-state index in [4.69, 9.17) is 14.2 Å². The lowest BCUT2D eigenvalue weighted by atomic mass is 10.1. The van der Waals surface area contributed by atoms with Crippen LogP contribution in [0.5, 0.6) is 23.0 Å². The number of ether oxygens (including phenoxy) is 3. The molecule has 0 saturated carbocycles. The normalized spacial score (nSPS) is 13.7. The molecular weight excluding hydrogens is 651 g/mol. The first kappa shape index (κ1) is 33.6. The van der Waals surface area contributed by atoms with Gasteiger partial charge in [0.15, 0.2) is 28.8 Å². The maximum Gasteiger partial charge on any atom is 0.279 e. The van der Waals surface area contributed by atoms with Crippen molar-refractivity contribution >= 4 is 33.3 Å². The van der Waals surface area contributed by atoms with E-state index in [1.54, 1.807) is 80.0 Å². The van der Waals surface area contributed by atoms with Crippen LogP contribution in [-0.4, -0.2) is 84.0 Å². The highest BCUT2D eigenvalue weighted by molar-refractivity contribution is 6.11. The van der Waals surface area contributed by atoms with E-state index in [1.807, 2.05) is 6.07 Å². The van der Waals surface area contributed by atoms with Gasteiger partial charge in [0.25, 0.3) is 11.5 Å². The molecule has 2 aromatic heterocycles. The number of hydrogen-bond donors (Lipinski definition) is 1. The average Bonchev–Trinajstić information content (AvgIpc) is 3.15. The molecule has 4 aromatic carbocycles. The molecule has 0 bridgehead atoms. The molecule has 7 rings (SSSR count). The summed E-state index contributed by atoms with van der Waals surface area (Å²) in [6.45, 7) is 5.76. The Morgan fingerprint density at radius 1 is 0.843 bits per heavy atom. The number of methoxy groups -OCH3 is 1. The fourth-order valence-corrected chi connectivity index (χ4v) is 6.10. The van der Waals surface area contributed by atoms with Crippen molar-refractivity contribution in [2.45, 2.75) is 6.42 Å². The molecule has 0 unspecified atom stereocenters. The summed E-state index contributed by atoms with van der Waals surface area (Å²) in [4.78, 5) is 36.0. The van der Waals surface area contributed by atoms with Crippen LogP contribution >= 0.6 is 0 Å². The van der Waals surface area contributed by atoms with Crippen LogP contribution < -0.4 is 25.1 Å². The molecule has 0 spiro atoms. The highest BCUT2D eigenvalue weighted by Crippen LogP contribution is 2.38. The predicted molar refractivity (Wildman–Crippen MR) is 194 cm³/mol. The minimum Gasteiger partial charge on any atom is -0.493 e. The average molecular weight is 689 g/mol. The molecule has 1 aliphatic rings. The Morgan fingerprint density at radius 3 is 2.37 bits per heavy atom. The number of hydrogen-bond acceptors (Lipinski definition) is 9. The largest absolute Gasteiger partial charge is 0.493 e. The molecule has 3 heterocycles. The van der Waals surface area contributed by atoms with Crippen molar-refractivity contribution in [1.82, 2.24) is 24.6 Å². The fourth-order valence-electron chi connectivity index (χ4n) is 6.10. The Kier molecular flexibility index (Phi) is 9.86. The second-order valence-electron chi connectivity index (χ2n) is 12.3. The third kappa shape index (κ3) is 7.37. The van der Waals surface area contributed by atoms with E-state index in [0.29, 0.717) is 51.2 Å². The van der Waals surface area contributed by atoms with E-state index in [-0.39, 0.29) is 22.7 Å². The number of carbonyl (C=O) groups excluding carboxylic acids is 1. The summed E-state index contributed by atoms with van der Waals surface area (Å²) in [6, 6.07) is 24.9. The fraction of sp³-hybridized carbons (Fsp3) is 0.231. The molecule has 51 heavy (non-hydrogen) atoms. The number of carbonyl (C=O) groups is 1. The topological polar surface area (TPSA) is 111 Å². The lowest BCUT2D eigenvalue weighted by Gasteiger charge is -2.32. The zero-order valence-corrected chi connectivity index (χ0v) is 28.3. The number of likely N-dealkylation sites (N-methyl/N-ethyl adjacent to an activating group) is 1. The van der Waals surface area contributed by atoms with Crippen LogP contribution in [0.3, 0.4) is 0 Å². The highest BCUT2D eigenvalue weighted by atomic mass is 19.1. The molecule has 12 heteroatoms. The standard InChI is InChI=1S/C39H37FN6O5/c1-44-18-20-45(21-19-44)17-8-22-50-36-25-32-30(24-35(36)49-2)33(15-16-41-32)51-34-14-13-26(23-31(34)40)42-38(47)37-28-11-6-7-12-29(28)39(48)46(43-37)27-9-4-3-5-10-27/h3-7,9-16,23-25H,8,17-22H2,1-2H3,(H,42,47). The van der Waals surface area contributed by atoms with Gasteiger partial charge in [0.2, 0.25) is 0 Å². The lowest BCUT2D eigenvalue weighted by molar-refractivity contribution is 0.102. The maximum atomic E-state index is 15.5. The van der Waals surface area contributed by atoms with Gasteiger partial charge in [-0.15, -0.1) is 0 Å². The van der Waals surface area contributed by atoms with Crippen LogP contribution in [0.2, 0.25) is 0 Å². The molecule has 1 saturated heterocycles. The third-order valence-corrected chi connectivity index (χ3v) is 8.89. The van der Waals surface area contributed by atoms with Gasteiger partial charge in [-0.1, -0.05) is 36.4 Å². The number of aromatic nitrogens is 3. The number of nitrogens with zero attached hydrogens (tertiary/aromatic N) is 5. The van der Waals surface area contributed by atoms with Gasteiger partial charge in [-0.2, -0.15) is 9.78 Å². The molecule has 6 aromatic rings. The van der Waals surface area contributed by atoms with Crippen LogP contribution in [0, 0.1) is 5.82 Å². The van der Waals surface area contributed by atoms with Gasteiger partial charge in [0, 0.05) is 67.5 Å². The van der Waals surface area contributed by atoms with Gasteiger partial charge in [-0.05, 0) is 55.9 Å². The molecule has 11 nitrogen and oxygen atoms in total. The SMILES string of the molecule is COc1cc2c(Oc3ccc(NC(=O)c4nn(-c5ccccc5)c(=O)c5ccccc45)cc3F)ccnc2cc1OCCCN1CCN(C)CC1. The Labute approximate surface area is 293 Å². The van der Waals surface area contributed by atoms with E-state index >= 15 is 4.39 Å². The van der Waals surface area contributed by atoms with Crippen molar-refractivity contribution in [1.29, 1.82) is 0 Å². The second kappa shape index (κ2) is 15.0. The first-order valence-electron chi connectivity index (χ1n) is 16.7. The molecule has 0 atom stereocenters. The Bertz CT molecular complexity index is 2260. The minimum atomic E-state index is -0.697. The zero-order valence-electron chi connectivity index (χ0n) is 28.3. The maximum absolute atomic E-state index is 15.5. The summed E-state index contributed by atoms with van der Waals surface area (Å²) >= 11 is 0. The van der Waals surface area contributed by atoms with Crippen LogP contribution in [0.15, 0.2) is 102 Å².